The molecule has 0 bridgehead atoms. The van der Waals surface area contributed by atoms with Gasteiger partial charge in [0.15, 0.2) is 5.41 Å². The first-order valence-corrected chi connectivity index (χ1v) is 5.86. The summed E-state index contributed by atoms with van der Waals surface area (Å²) in [6.07, 6.45) is 1.95. The molecule has 0 aliphatic carbocycles. The molecule has 0 atom stereocenters. The van der Waals surface area contributed by atoms with Crippen molar-refractivity contribution in [3.8, 4) is 0 Å². The van der Waals surface area contributed by atoms with E-state index < -0.39 is 5.41 Å². The first kappa shape index (κ1) is 12.1. The maximum absolute atomic E-state index is 11.8. The van der Waals surface area contributed by atoms with Crippen LogP contribution in [0.15, 0.2) is 0 Å². The number of methoxy groups -OCH3 is 1. The van der Waals surface area contributed by atoms with Crippen molar-refractivity contribution in [1.82, 2.24) is 9.97 Å². The third-order valence-corrected chi connectivity index (χ3v) is 3.20. The minimum absolute atomic E-state index is 0.277. The minimum Gasteiger partial charge on any atom is -0.468 e. The highest BCUT2D eigenvalue weighted by molar-refractivity contribution is 5.83. The number of hydrogen-bond donors (Lipinski definition) is 1. The number of carbonyl (C=O) groups excluding carboxylic acids is 1. The van der Waals surface area contributed by atoms with Crippen molar-refractivity contribution in [2.75, 3.05) is 20.3 Å². The standard InChI is InChI=1S/C12H18N2O3/c1-4-5-9-8(2)13-10(14-9)12(6-17-7-12)11(15)16-3/h4-7H2,1-3H3,(H,13,14). The van der Waals surface area contributed by atoms with Crippen LogP contribution in [0.3, 0.4) is 0 Å². The Morgan fingerprint density at radius 3 is 2.76 bits per heavy atom. The number of aryl methyl sites for hydroxylation is 2. The molecule has 0 saturated carbocycles. The van der Waals surface area contributed by atoms with E-state index in [0.717, 1.165) is 24.2 Å². The summed E-state index contributed by atoms with van der Waals surface area (Å²) in [7, 11) is 1.39. The molecule has 1 aliphatic rings. The summed E-state index contributed by atoms with van der Waals surface area (Å²) in [4.78, 5) is 19.6. The number of ether oxygens (including phenoxy) is 2. The lowest BCUT2D eigenvalue weighted by molar-refractivity contribution is -0.167. The molecule has 0 radical (unpaired) electrons. The Hall–Kier alpha value is -1.36. The number of hydrogen-bond acceptors (Lipinski definition) is 4. The van der Waals surface area contributed by atoms with Crippen molar-refractivity contribution >= 4 is 5.97 Å². The average Bonchev–Trinajstić information content (AvgIpc) is 2.59. The zero-order valence-corrected chi connectivity index (χ0v) is 10.5. The fraction of sp³-hybridized carbons (Fsp3) is 0.667. The van der Waals surface area contributed by atoms with Gasteiger partial charge >= 0.3 is 5.97 Å². The van der Waals surface area contributed by atoms with Crippen LogP contribution < -0.4 is 0 Å². The summed E-state index contributed by atoms with van der Waals surface area (Å²) in [5, 5.41) is 0. The van der Waals surface area contributed by atoms with Crippen molar-refractivity contribution in [2.24, 2.45) is 0 Å². The second-order valence-corrected chi connectivity index (χ2v) is 4.47. The highest BCUT2D eigenvalue weighted by atomic mass is 16.5. The van der Waals surface area contributed by atoms with Gasteiger partial charge in [0.1, 0.15) is 5.82 Å². The molecule has 1 N–H and O–H groups in total. The Morgan fingerprint density at radius 2 is 2.29 bits per heavy atom. The summed E-state index contributed by atoms with van der Waals surface area (Å²) >= 11 is 0. The summed E-state index contributed by atoms with van der Waals surface area (Å²) in [6.45, 7) is 4.78. The van der Waals surface area contributed by atoms with Crippen LogP contribution >= 0.6 is 0 Å². The molecule has 2 heterocycles. The molecule has 5 heteroatoms. The van der Waals surface area contributed by atoms with Gasteiger partial charge in [-0.05, 0) is 13.3 Å². The van der Waals surface area contributed by atoms with Crippen LogP contribution in [0.5, 0.6) is 0 Å². The molecule has 1 aromatic rings. The van der Waals surface area contributed by atoms with Gasteiger partial charge in [0, 0.05) is 5.69 Å². The highest BCUT2D eigenvalue weighted by Gasteiger charge is 2.51. The Kier molecular flexibility index (Phi) is 3.19. The SMILES string of the molecule is CCCc1nc(C2(C(=O)OC)COC2)[nH]c1C. The van der Waals surface area contributed by atoms with E-state index in [1.165, 1.54) is 7.11 Å². The van der Waals surface area contributed by atoms with Gasteiger partial charge in [-0.3, -0.25) is 4.79 Å². The predicted molar refractivity (Wildman–Crippen MR) is 61.8 cm³/mol. The lowest BCUT2D eigenvalue weighted by atomic mass is 9.85. The molecule has 2 rings (SSSR count). The van der Waals surface area contributed by atoms with Gasteiger partial charge in [0.2, 0.25) is 0 Å². The van der Waals surface area contributed by atoms with Gasteiger partial charge in [0.05, 0.1) is 26.0 Å². The van der Waals surface area contributed by atoms with Gasteiger partial charge in [0.25, 0.3) is 0 Å². The second-order valence-electron chi connectivity index (χ2n) is 4.47. The second kappa shape index (κ2) is 4.49. The molecule has 0 amide bonds. The lowest BCUT2D eigenvalue weighted by Crippen LogP contribution is -2.54. The van der Waals surface area contributed by atoms with Crippen LogP contribution in [0.4, 0.5) is 0 Å². The third kappa shape index (κ3) is 1.84. The molecule has 5 nitrogen and oxygen atoms in total. The first-order chi connectivity index (χ1) is 8.14. The summed E-state index contributed by atoms with van der Waals surface area (Å²) in [5.74, 6) is 0.400. The van der Waals surface area contributed by atoms with Gasteiger partial charge < -0.3 is 14.5 Å². The van der Waals surface area contributed by atoms with E-state index in [4.69, 9.17) is 9.47 Å². The van der Waals surface area contributed by atoms with Gasteiger partial charge in [-0.25, -0.2) is 4.98 Å². The van der Waals surface area contributed by atoms with Crippen molar-refractivity contribution in [1.29, 1.82) is 0 Å². The van der Waals surface area contributed by atoms with Crippen LogP contribution in [-0.4, -0.2) is 36.3 Å². The van der Waals surface area contributed by atoms with Gasteiger partial charge in [-0.1, -0.05) is 13.3 Å². The molecule has 1 fully saturated rings. The van der Waals surface area contributed by atoms with Crippen molar-refractivity contribution < 1.29 is 14.3 Å². The topological polar surface area (TPSA) is 64.2 Å². The average molecular weight is 238 g/mol. The van der Waals surface area contributed by atoms with E-state index >= 15 is 0 Å². The van der Waals surface area contributed by atoms with Gasteiger partial charge in [-0.2, -0.15) is 0 Å². The number of imidazole rings is 1. The minimum atomic E-state index is -0.717. The molecule has 17 heavy (non-hydrogen) atoms. The molecule has 0 aromatic carbocycles. The van der Waals surface area contributed by atoms with Crippen LogP contribution in [0.1, 0.15) is 30.6 Å². The summed E-state index contributed by atoms with van der Waals surface area (Å²) in [5.41, 5.74) is 1.33. The number of nitrogens with one attached hydrogen (secondary N) is 1. The molecule has 0 unspecified atom stereocenters. The van der Waals surface area contributed by atoms with Crippen LogP contribution in [0.2, 0.25) is 0 Å². The Balaban J connectivity index is 2.32. The van der Waals surface area contributed by atoms with Crippen molar-refractivity contribution in [2.45, 2.75) is 32.1 Å². The molecule has 1 aromatic heterocycles. The van der Waals surface area contributed by atoms with E-state index in [2.05, 4.69) is 16.9 Å². The molecular weight excluding hydrogens is 220 g/mol. The van der Waals surface area contributed by atoms with E-state index in [-0.39, 0.29) is 5.97 Å². The molecule has 0 spiro atoms. The highest BCUT2D eigenvalue weighted by Crippen LogP contribution is 2.32. The molecular formula is C12H18N2O3. The monoisotopic (exact) mass is 238 g/mol. The molecule has 1 aliphatic heterocycles. The third-order valence-electron chi connectivity index (χ3n) is 3.20. The fourth-order valence-corrected chi connectivity index (χ4v) is 2.06. The largest absolute Gasteiger partial charge is 0.468 e. The van der Waals surface area contributed by atoms with E-state index in [0.29, 0.717) is 19.0 Å². The smallest absolute Gasteiger partial charge is 0.324 e. The molecule has 1 saturated heterocycles. The number of H-pyrrole nitrogens is 1. The summed E-state index contributed by atoms with van der Waals surface area (Å²) < 4.78 is 10.0. The van der Waals surface area contributed by atoms with Crippen molar-refractivity contribution in [3.63, 3.8) is 0 Å². The normalized spacial score (nSPS) is 17.6. The predicted octanol–water partition coefficient (Wildman–Crippen LogP) is 1.11. The van der Waals surface area contributed by atoms with Gasteiger partial charge in [-0.15, -0.1) is 0 Å². The van der Waals surface area contributed by atoms with Crippen LogP contribution in [0, 0.1) is 6.92 Å². The number of carbonyl (C=O) groups is 1. The zero-order valence-electron chi connectivity index (χ0n) is 10.5. The number of nitrogens with zero attached hydrogens (tertiary/aromatic N) is 1. The number of aromatic amines is 1. The number of esters is 1. The molecule has 94 valence electrons. The zero-order chi connectivity index (χ0) is 12.5. The Morgan fingerprint density at radius 1 is 1.59 bits per heavy atom. The van der Waals surface area contributed by atoms with E-state index in [1.807, 2.05) is 6.92 Å². The maximum Gasteiger partial charge on any atom is 0.324 e. The fourth-order valence-electron chi connectivity index (χ4n) is 2.06. The maximum atomic E-state index is 11.8. The summed E-state index contributed by atoms with van der Waals surface area (Å²) in [6, 6.07) is 0. The van der Waals surface area contributed by atoms with Crippen LogP contribution in [-0.2, 0) is 26.1 Å². The first-order valence-electron chi connectivity index (χ1n) is 5.86. The van der Waals surface area contributed by atoms with E-state index in [9.17, 15) is 4.79 Å². The number of rotatable bonds is 4. The van der Waals surface area contributed by atoms with Crippen LogP contribution in [0.25, 0.3) is 0 Å². The Labute approximate surface area is 101 Å². The number of aromatic nitrogens is 2. The van der Waals surface area contributed by atoms with E-state index in [1.54, 1.807) is 0 Å². The van der Waals surface area contributed by atoms with Crippen molar-refractivity contribution in [3.05, 3.63) is 17.2 Å². The quantitative estimate of drug-likeness (QED) is 0.798. The Bertz CT molecular complexity index is 421. The lowest BCUT2D eigenvalue weighted by Gasteiger charge is -2.36.